The molecule has 3 aliphatic rings. The summed E-state index contributed by atoms with van der Waals surface area (Å²) < 4.78 is 10.0. The molecule has 2 aromatic carbocycles. The molecule has 2 bridgehead atoms. The molecule has 3 aromatic rings. The van der Waals surface area contributed by atoms with Crippen molar-refractivity contribution in [3.8, 4) is 0 Å². The molecule has 37 heavy (non-hydrogen) atoms. The SMILES string of the molecule is Cc1cc(NC(=O)COC(=O)c2cccc(N3C(=O)[C@@H]4[C@@H]5C[C@@H]([C@@H]4C3=O)[C@H](c3ccccc3)C5)c2)no1. The molecule has 6 rings (SSSR count). The second-order valence-corrected chi connectivity index (χ2v) is 9.97. The highest BCUT2D eigenvalue weighted by atomic mass is 16.5. The van der Waals surface area contributed by atoms with Gasteiger partial charge in [0.25, 0.3) is 5.91 Å². The molecule has 3 amide bonds. The number of esters is 1. The lowest BCUT2D eigenvalue weighted by Gasteiger charge is -2.28. The number of hydrogen-bond acceptors (Lipinski definition) is 7. The van der Waals surface area contributed by atoms with Crippen LogP contribution in [0.3, 0.4) is 0 Å². The van der Waals surface area contributed by atoms with Crippen LogP contribution in [0.2, 0.25) is 0 Å². The second-order valence-electron chi connectivity index (χ2n) is 9.97. The Morgan fingerprint density at radius 3 is 2.57 bits per heavy atom. The third kappa shape index (κ3) is 4.00. The summed E-state index contributed by atoms with van der Waals surface area (Å²) >= 11 is 0. The largest absolute Gasteiger partial charge is 0.452 e. The van der Waals surface area contributed by atoms with Crippen LogP contribution in [0.4, 0.5) is 11.5 Å². The van der Waals surface area contributed by atoms with Gasteiger partial charge < -0.3 is 14.6 Å². The summed E-state index contributed by atoms with van der Waals surface area (Å²) in [6, 6.07) is 18.0. The number of rotatable bonds is 6. The van der Waals surface area contributed by atoms with Gasteiger partial charge in [-0.05, 0) is 61.3 Å². The Morgan fingerprint density at radius 1 is 1.03 bits per heavy atom. The number of nitrogens with zero attached hydrogens (tertiary/aromatic N) is 2. The van der Waals surface area contributed by atoms with E-state index in [1.54, 1.807) is 19.1 Å². The summed E-state index contributed by atoms with van der Waals surface area (Å²) in [7, 11) is 0. The number of imide groups is 1. The molecule has 5 atom stereocenters. The third-order valence-electron chi connectivity index (χ3n) is 7.81. The molecule has 0 unspecified atom stereocenters. The van der Waals surface area contributed by atoms with Gasteiger partial charge in [-0.3, -0.25) is 19.3 Å². The summed E-state index contributed by atoms with van der Waals surface area (Å²) in [4.78, 5) is 52.9. The van der Waals surface area contributed by atoms with Crippen LogP contribution in [0.1, 0.15) is 40.4 Å². The van der Waals surface area contributed by atoms with E-state index in [-0.39, 0.29) is 52.8 Å². The summed E-state index contributed by atoms with van der Waals surface area (Å²) in [6.45, 7) is 1.16. The van der Waals surface area contributed by atoms with Crippen LogP contribution in [0.15, 0.2) is 65.2 Å². The number of ether oxygens (including phenoxy) is 1. The fraction of sp³-hybridized carbons (Fsp3) is 0.321. The predicted molar refractivity (Wildman–Crippen MR) is 131 cm³/mol. The Morgan fingerprint density at radius 2 is 1.81 bits per heavy atom. The summed E-state index contributed by atoms with van der Waals surface area (Å²) in [5, 5.41) is 6.13. The van der Waals surface area contributed by atoms with Crippen LogP contribution in [0.25, 0.3) is 0 Å². The highest BCUT2D eigenvalue weighted by Gasteiger charge is 2.64. The molecule has 9 nitrogen and oxygen atoms in total. The number of amides is 3. The summed E-state index contributed by atoms with van der Waals surface area (Å²) in [5.41, 5.74) is 1.71. The molecule has 2 saturated carbocycles. The molecule has 0 spiro atoms. The summed E-state index contributed by atoms with van der Waals surface area (Å²) in [5.74, 6) is -0.997. The van der Waals surface area contributed by atoms with E-state index in [0.29, 0.717) is 11.4 Å². The number of aromatic nitrogens is 1. The van der Waals surface area contributed by atoms with Crippen LogP contribution in [-0.2, 0) is 19.1 Å². The standard InChI is InChI=1S/C28H25N3O6/c1-15-10-22(30-37-15)29-23(32)14-36-28(35)17-8-5-9-19(11-17)31-26(33)24-18-12-20(16-6-3-2-4-7-16)21(13-18)25(24)27(31)34/h2-11,18,20-21,24-25H,12-14H2,1H3,(H,29,30,32)/t18-,20-,21+,24+,25-/m0/s1. The van der Waals surface area contributed by atoms with Crippen molar-refractivity contribution in [1.82, 2.24) is 5.16 Å². The van der Waals surface area contributed by atoms with Gasteiger partial charge in [0, 0.05) is 6.07 Å². The molecule has 1 aromatic heterocycles. The van der Waals surface area contributed by atoms with Crippen molar-refractivity contribution in [3.63, 3.8) is 0 Å². The van der Waals surface area contributed by atoms with Gasteiger partial charge in [0.05, 0.1) is 23.1 Å². The van der Waals surface area contributed by atoms with Gasteiger partial charge in [0.15, 0.2) is 12.4 Å². The highest BCUT2D eigenvalue weighted by molar-refractivity contribution is 6.23. The Hall–Kier alpha value is -4.27. The first-order valence-corrected chi connectivity index (χ1v) is 12.3. The lowest BCUT2D eigenvalue weighted by atomic mass is 9.73. The van der Waals surface area contributed by atoms with Crippen LogP contribution >= 0.6 is 0 Å². The van der Waals surface area contributed by atoms with E-state index >= 15 is 0 Å². The molecule has 2 aliphatic carbocycles. The molecule has 1 aliphatic heterocycles. The predicted octanol–water partition coefficient (Wildman–Crippen LogP) is 3.71. The van der Waals surface area contributed by atoms with Crippen molar-refractivity contribution in [1.29, 1.82) is 0 Å². The van der Waals surface area contributed by atoms with Gasteiger partial charge in [-0.15, -0.1) is 0 Å². The topological polar surface area (TPSA) is 119 Å². The molecule has 0 radical (unpaired) electrons. The Labute approximate surface area is 212 Å². The zero-order chi connectivity index (χ0) is 25.7. The molecule has 188 valence electrons. The lowest BCUT2D eigenvalue weighted by molar-refractivity contribution is -0.123. The van der Waals surface area contributed by atoms with Gasteiger partial charge >= 0.3 is 5.97 Å². The molecule has 9 heteroatoms. The van der Waals surface area contributed by atoms with Crippen molar-refractivity contribution in [3.05, 3.63) is 77.6 Å². The van der Waals surface area contributed by atoms with E-state index in [1.807, 2.05) is 18.2 Å². The molecule has 2 heterocycles. The quantitative estimate of drug-likeness (QED) is 0.406. The molecular formula is C28H25N3O6. The minimum absolute atomic E-state index is 0.138. The zero-order valence-corrected chi connectivity index (χ0v) is 20.1. The molecular weight excluding hydrogens is 474 g/mol. The Balaban J connectivity index is 1.15. The maximum Gasteiger partial charge on any atom is 0.338 e. The van der Waals surface area contributed by atoms with Crippen molar-refractivity contribution in [2.75, 3.05) is 16.8 Å². The first-order valence-electron chi connectivity index (χ1n) is 12.3. The van der Waals surface area contributed by atoms with E-state index < -0.39 is 18.5 Å². The van der Waals surface area contributed by atoms with Crippen LogP contribution < -0.4 is 10.2 Å². The minimum atomic E-state index is -0.739. The fourth-order valence-electron chi connectivity index (χ4n) is 6.39. The molecule has 3 fully saturated rings. The zero-order valence-electron chi connectivity index (χ0n) is 20.1. The van der Waals surface area contributed by atoms with Gasteiger partial charge in [-0.2, -0.15) is 0 Å². The van der Waals surface area contributed by atoms with Gasteiger partial charge in [0.2, 0.25) is 11.8 Å². The second kappa shape index (κ2) is 8.99. The van der Waals surface area contributed by atoms with Crippen molar-refractivity contribution in [2.45, 2.75) is 25.7 Å². The lowest BCUT2D eigenvalue weighted by Crippen LogP contribution is -2.33. The Bertz CT molecular complexity index is 1400. The number of carbonyl (C=O) groups is 4. The number of nitrogens with one attached hydrogen (secondary N) is 1. The number of benzene rings is 2. The Kier molecular flexibility index (Phi) is 5.62. The van der Waals surface area contributed by atoms with Crippen LogP contribution in [0, 0.1) is 30.6 Å². The first kappa shape index (κ1) is 23.1. The average molecular weight is 500 g/mol. The average Bonchev–Trinajstić information content (AvgIpc) is 3.66. The maximum atomic E-state index is 13.6. The number of fused-ring (bicyclic) bond motifs is 5. The van der Waals surface area contributed by atoms with Crippen molar-refractivity contribution >= 4 is 35.2 Å². The van der Waals surface area contributed by atoms with Crippen molar-refractivity contribution < 1.29 is 28.4 Å². The van der Waals surface area contributed by atoms with E-state index in [0.717, 1.165) is 12.8 Å². The number of anilines is 2. The summed E-state index contributed by atoms with van der Waals surface area (Å²) in [6.07, 6.45) is 1.80. The van der Waals surface area contributed by atoms with Gasteiger partial charge in [0.1, 0.15) is 5.76 Å². The van der Waals surface area contributed by atoms with Crippen LogP contribution in [-0.4, -0.2) is 35.5 Å². The molecule has 1 saturated heterocycles. The maximum absolute atomic E-state index is 13.6. The van der Waals surface area contributed by atoms with Crippen LogP contribution in [0.5, 0.6) is 0 Å². The third-order valence-corrected chi connectivity index (χ3v) is 7.81. The molecule has 1 N–H and O–H groups in total. The van der Waals surface area contributed by atoms with Gasteiger partial charge in [-0.25, -0.2) is 4.79 Å². The minimum Gasteiger partial charge on any atom is -0.452 e. The van der Waals surface area contributed by atoms with Gasteiger partial charge in [-0.1, -0.05) is 41.6 Å². The van der Waals surface area contributed by atoms with E-state index in [9.17, 15) is 19.2 Å². The van der Waals surface area contributed by atoms with Crippen molar-refractivity contribution in [2.24, 2.45) is 23.7 Å². The van der Waals surface area contributed by atoms with E-state index in [2.05, 4.69) is 22.6 Å². The van der Waals surface area contributed by atoms with E-state index in [1.165, 1.54) is 28.7 Å². The number of hydrogen-bond donors (Lipinski definition) is 1. The smallest absolute Gasteiger partial charge is 0.338 e. The monoisotopic (exact) mass is 499 g/mol. The van der Waals surface area contributed by atoms with E-state index in [4.69, 9.17) is 9.26 Å². The normalized spacial score (nSPS) is 25.9. The number of aryl methyl sites for hydroxylation is 1. The number of carbonyl (C=O) groups excluding carboxylic acids is 4. The first-order chi connectivity index (χ1) is 17.9. The highest BCUT2D eigenvalue weighted by Crippen LogP contribution is 2.61. The fourth-order valence-corrected chi connectivity index (χ4v) is 6.39.